The average molecular weight is 282 g/mol. The van der Waals surface area contributed by atoms with Crippen LogP contribution in [0.1, 0.15) is 18.7 Å². The van der Waals surface area contributed by atoms with Crippen molar-refractivity contribution in [3.63, 3.8) is 0 Å². The molecule has 1 fully saturated rings. The molecule has 1 aliphatic rings. The Morgan fingerprint density at radius 2 is 2.32 bits per heavy atom. The number of halogens is 2. The number of benzene rings is 1. The summed E-state index contributed by atoms with van der Waals surface area (Å²) in [6, 6.07) is 5.20. The van der Waals surface area contributed by atoms with Gasteiger partial charge in [0.15, 0.2) is 0 Å². The summed E-state index contributed by atoms with van der Waals surface area (Å²) in [5.41, 5.74) is 1.66. The molecule has 1 aromatic heterocycles. The molecular weight excluding hydrogens is 265 g/mol. The summed E-state index contributed by atoms with van der Waals surface area (Å²) in [6.07, 6.45) is 2.39. The molecule has 0 saturated carbocycles. The molecule has 0 amide bonds. The van der Waals surface area contributed by atoms with E-state index < -0.39 is 0 Å². The molecule has 3 rings (SSSR count). The van der Waals surface area contributed by atoms with Crippen LogP contribution >= 0.6 is 11.6 Å². The molecule has 0 bridgehead atoms. The van der Waals surface area contributed by atoms with Gasteiger partial charge < -0.3 is 9.47 Å². The van der Waals surface area contributed by atoms with Gasteiger partial charge in [0.05, 0.1) is 16.9 Å². The highest BCUT2D eigenvalue weighted by molar-refractivity contribution is 6.16. The molecule has 0 spiro atoms. The Morgan fingerprint density at radius 1 is 1.47 bits per heavy atom. The lowest BCUT2D eigenvalue weighted by atomic mass is 10.2. The van der Waals surface area contributed by atoms with Gasteiger partial charge in [-0.1, -0.05) is 0 Å². The molecule has 2 aromatic rings. The van der Waals surface area contributed by atoms with Crippen LogP contribution in [0.4, 0.5) is 4.39 Å². The lowest BCUT2D eigenvalue weighted by Gasteiger charge is -2.21. The highest BCUT2D eigenvalue weighted by atomic mass is 35.5. The van der Waals surface area contributed by atoms with Crippen molar-refractivity contribution in [2.24, 2.45) is 0 Å². The Kier molecular flexibility index (Phi) is 3.46. The fourth-order valence-electron chi connectivity index (χ4n) is 2.87. The van der Waals surface area contributed by atoms with E-state index in [0.717, 1.165) is 29.9 Å². The highest BCUT2D eigenvalue weighted by Gasteiger charge is 2.23. The van der Waals surface area contributed by atoms with Crippen molar-refractivity contribution in [3.8, 4) is 0 Å². The zero-order chi connectivity index (χ0) is 13.4. The number of likely N-dealkylation sites (N-methyl/N-ethyl adjacent to an activating group) is 1. The van der Waals surface area contributed by atoms with E-state index >= 15 is 0 Å². The molecule has 19 heavy (non-hydrogen) atoms. The molecule has 0 N–H and O–H groups in total. The van der Waals surface area contributed by atoms with Crippen LogP contribution in [0.2, 0.25) is 0 Å². The van der Waals surface area contributed by atoms with Gasteiger partial charge in [-0.3, -0.25) is 0 Å². The van der Waals surface area contributed by atoms with E-state index in [0.29, 0.717) is 11.9 Å². The molecular formula is C14H17ClFN3. The zero-order valence-electron chi connectivity index (χ0n) is 10.9. The molecule has 3 nitrogen and oxygen atoms in total. The molecule has 1 atom stereocenters. The molecule has 102 valence electrons. The van der Waals surface area contributed by atoms with Crippen LogP contribution in [0.5, 0.6) is 0 Å². The minimum atomic E-state index is -0.227. The minimum absolute atomic E-state index is 0.227. The normalized spacial score (nSPS) is 20.5. The third kappa shape index (κ3) is 2.35. The molecule has 1 aromatic carbocycles. The summed E-state index contributed by atoms with van der Waals surface area (Å²) < 4.78 is 15.5. The van der Waals surface area contributed by atoms with Gasteiger partial charge in [0, 0.05) is 12.6 Å². The number of rotatable bonds is 3. The van der Waals surface area contributed by atoms with Crippen LogP contribution in [0, 0.1) is 5.82 Å². The van der Waals surface area contributed by atoms with Crippen LogP contribution < -0.4 is 0 Å². The van der Waals surface area contributed by atoms with Crippen molar-refractivity contribution >= 4 is 22.6 Å². The molecule has 5 heteroatoms. The average Bonchev–Trinajstić information content (AvgIpc) is 2.95. The quantitative estimate of drug-likeness (QED) is 0.807. The second-order valence-corrected chi connectivity index (χ2v) is 5.45. The first-order valence-corrected chi connectivity index (χ1v) is 7.13. The summed E-state index contributed by atoms with van der Waals surface area (Å²) in [4.78, 5) is 6.84. The van der Waals surface area contributed by atoms with Gasteiger partial charge in [-0.05, 0) is 44.6 Å². The standard InChI is InChI=1S/C14H17ClFN3/c1-18-6-2-3-11(18)9-19-13-7-10(16)4-5-12(13)17-14(19)8-15/h4-5,7,11H,2-3,6,8-9H2,1H3. The third-order valence-corrected chi connectivity index (χ3v) is 4.21. The maximum Gasteiger partial charge on any atom is 0.125 e. The van der Waals surface area contributed by atoms with Crippen molar-refractivity contribution in [2.45, 2.75) is 31.3 Å². The number of likely N-dealkylation sites (tertiary alicyclic amines) is 1. The van der Waals surface area contributed by atoms with Gasteiger partial charge in [-0.25, -0.2) is 9.37 Å². The van der Waals surface area contributed by atoms with E-state index in [1.165, 1.54) is 18.9 Å². The summed E-state index contributed by atoms with van der Waals surface area (Å²) in [6.45, 7) is 1.96. The van der Waals surface area contributed by atoms with Gasteiger partial charge in [-0.15, -0.1) is 11.6 Å². The highest BCUT2D eigenvalue weighted by Crippen LogP contribution is 2.23. The second-order valence-electron chi connectivity index (χ2n) is 5.18. The molecule has 1 saturated heterocycles. The minimum Gasteiger partial charge on any atom is -0.325 e. The second kappa shape index (κ2) is 5.10. The van der Waals surface area contributed by atoms with Gasteiger partial charge in [-0.2, -0.15) is 0 Å². The largest absolute Gasteiger partial charge is 0.325 e. The van der Waals surface area contributed by atoms with Crippen molar-refractivity contribution < 1.29 is 4.39 Å². The van der Waals surface area contributed by atoms with Crippen molar-refractivity contribution in [2.75, 3.05) is 13.6 Å². The van der Waals surface area contributed by atoms with Crippen molar-refractivity contribution in [1.82, 2.24) is 14.5 Å². The topological polar surface area (TPSA) is 21.1 Å². The predicted molar refractivity (Wildman–Crippen MR) is 74.9 cm³/mol. The van der Waals surface area contributed by atoms with E-state index in [1.807, 2.05) is 0 Å². The van der Waals surface area contributed by atoms with E-state index in [9.17, 15) is 4.39 Å². The van der Waals surface area contributed by atoms with E-state index in [1.54, 1.807) is 12.1 Å². The summed E-state index contributed by atoms with van der Waals surface area (Å²) in [5, 5.41) is 0. The monoisotopic (exact) mass is 281 g/mol. The maximum atomic E-state index is 13.4. The summed E-state index contributed by atoms with van der Waals surface area (Å²) in [7, 11) is 2.14. The molecule has 1 unspecified atom stereocenters. The molecule has 1 aliphatic heterocycles. The van der Waals surface area contributed by atoms with Gasteiger partial charge in [0.25, 0.3) is 0 Å². The van der Waals surface area contributed by atoms with E-state index in [4.69, 9.17) is 11.6 Å². The van der Waals surface area contributed by atoms with Crippen molar-refractivity contribution in [3.05, 3.63) is 29.8 Å². The molecule has 0 aliphatic carbocycles. The van der Waals surface area contributed by atoms with E-state index in [2.05, 4.69) is 21.5 Å². The first kappa shape index (κ1) is 12.9. The third-order valence-electron chi connectivity index (χ3n) is 3.97. The number of nitrogens with zero attached hydrogens (tertiary/aromatic N) is 3. The number of aromatic nitrogens is 2. The number of alkyl halides is 1. The fraction of sp³-hybridized carbons (Fsp3) is 0.500. The van der Waals surface area contributed by atoms with Gasteiger partial charge in [0.2, 0.25) is 0 Å². The SMILES string of the molecule is CN1CCCC1Cn1c(CCl)nc2ccc(F)cc21. The van der Waals surface area contributed by atoms with Crippen molar-refractivity contribution in [1.29, 1.82) is 0 Å². The Bertz CT molecular complexity index is 596. The first-order chi connectivity index (χ1) is 9.19. The number of fused-ring (bicyclic) bond motifs is 1. The van der Waals surface area contributed by atoms with E-state index in [-0.39, 0.29) is 5.82 Å². The Morgan fingerprint density at radius 3 is 3.00 bits per heavy atom. The summed E-state index contributed by atoms with van der Waals surface area (Å²) >= 11 is 5.97. The Labute approximate surface area is 117 Å². The summed E-state index contributed by atoms with van der Waals surface area (Å²) in [5.74, 6) is 0.948. The van der Waals surface area contributed by atoms with Gasteiger partial charge in [0.1, 0.15) is 11.6 Å². The molecule has 2 heterocycles. The predicted octanol–water partition coefficient (Wildman–Crippen LogP) is 3.01. The number of imidazole rings is 1. The lowest BCUT2D eigenvalue weighted by molar-refractivity contribution is 0.282. The zero-order valence-corrected chi connectivity index (χ0v) is 11.7. The number of hydrogen-bond acceptors (Lipinski definition) is 2. The van der Waals surface area contributed by atoms with Crippen LogP contribution in [0.15, 0.2) is 18.2 Å². The number of hydrogen-bond donors (Lipinski definition) is 0. The lowest BCUT2D eigenvalue weighted by Crippen LogP contribution is -2.29. The van der Waals surface area contributed by atoms with Crippen LogP contribution in [0.25, 0.3) is 11.0 Å². The Hall–Kier alpha value is -1.13. The maximum absolute atomic E-state index is 13.4. The fourth-order valence-corrected chi connectivity index (χ4v) is 3.08. The van der Waals surface area contributed by atoms with Crippen LogP contribution in [-0.4, -0.2) is 34.1 Å². The smallest absolute Gasteiger partial charge is 0.125 e. The van der Waals surface area contributed by atoms with Crippen LogP contribution in [0.3, 0.4) is 0 Å². The van der Waals surface area contributed by atoms with Gasteiger partial charge >= 0.3 is 0 Å². The molecule has 0 radical (unpaired) electrons. The first-order valence-electron chi connectivity index (χ1n) is 6.60. The van der Waals surface area contributed by atoms with Crippen LogP contribution in [-0.2, 0) is 12.4 Å². The Balaban J connectivity index is 2.02.